The summed E-state index contributed by atoms with van der Waals surface area (Å²) in [6.07, 6.45) is 0.734. The second kappa shape index (κ2) is 7.85. The molecular formula is C20H27N3O4S. The van der Waals surface area contributed by atoms with Crippen molar-refractivity contribution >= 4 is 26.7 Å². The normalized spacial score (nSPS) is 24.4. The van der Waals surface area contributed by atoms with Gasteiger partial charge < -0.3 is 9.73 Å². The molecular weight excluding hydrogens is 378 g/mol. The molecule has 0 spiro atoms. The Bertz CT molecular complexity index is 914. The van der Waals surface area contributed by atoms with Crippen molar-refractivity contribution in [3.63, 3.8) is 0 Å². The molecule has 4 rings (SSSR count). The molecule has 0 bridgehead atoms. The standard InChI is InChI=1S/C20H27N3O4S/c1-15(19-12-16-4-2-3-5-18(16)27-19)21-20(24)13-22-7-9-23(10-8-22)17-6-11-28(25,26)14-17/h2-5,12,15,17H,6-11,13-14H2,1H3,(H,21,24)/t15-,17-/m1/s1. The summed E-state index contributed by atoms with van der Waals surface area (Å²) in [5, 5.41) is 4.05. The molecule has 2 aromatic rings. The van der Waals surface area contributed by atoms with Crippen molar-refractivity contribution in [1.29, 1.82) is 0 Å². The number of furan rings is 1. The van der Waals surface area contributed by atoms with Crippen LogP contribution in [-0.2, 0) is 14.6 Å². The fourth-order valence-corrected chi connectivity index (χ4v) is 5.89. The van der Waals surface area contributed by atoms with Crippen molar-refractivity contribution in [3.05, 3.63) is 36.1 Å². The Labute approximate surface area is 165 Å². The van der Waals surface area contributed by atoms with E-state index in [1.54, 1.807) is 0 Å². The minimum Gasteiger partial charge on any atom is -0.459 e. The highest BCUT2D eigenvalue weighted by Gasteiger charge is 2.33. The zero-order valence-electron chi connectivity index (χ0n) is 16.1. The van der Waals surface area contributed by atoms with Gasteiger partial charge in [0, 0.05) is 37.6 Å². The minimum atomic E-state index is -2.86. The average molecular weight is 406 g/mol. The van der Waals surface area contributed by atoms with Crippen LogP contribution in [-0.4, -0.2) is 74.4 Å². The van der Waals surface area contributed by atoms with Gasteiger partial charge in [-0.1, -0.05) is 18.2 Å². The predicted octanol–water partition coefficient (Wildman–Crippen LogP) is 1.41. The fourth-order valence-electron chi connectivity index (χ4n) is 4.13. The first-order valence-electron chi connectivity index (χ1n) is 9.84. The smallest absolute Gasteiger partial charge is 0.234 e. The summed E-state index contributed by atoms with van der Waals surface area (Å²) >= 11 is 0. The zero-order chi connectivity index (χ0) is 19.7. The molecule has 2 aliphatic heterocycles. The van der Waals surface area contributed by atoms with E-state index in [1.165, 1.54) is 0 Å². The lowest BCUT2D eigenvalue weighted by molar-refractivity contribution is -0.123. The van der Waals surface area contributed by atoms with E-state index in [2.05, 4.69) is 15.1 Å². The lowest BCUT2D eigenvalue weighted by atomic mass is 10.2. The van der Waals surface area contributed by atoms with Gasteiger partial charge in [-0.2, -0.15) is 0 Å². The van der Waals surface area contributed by atoms with Crippen LogP contribution in [0.5, 0.6) is 0 Å². The third-order valence-corrected chi connectivity index (χ3v) is 7.50. The van der Waals surface area contributed by atoms with Crippen LogP contribution in [0, 0.1) is 0 Å². The van der Waals surface area contributed by atoms with Gasteiger partial charge >= 0.3 is 0 Å². The molecule has 28 heavy (non-hydrogen) atoms. The van der Waals surface area contributed by atoms with Gasteiger partial charge in [0.1, 0.15) is 11.3 Å². The van der Waals surface area contributed by atoms with Crippen LogP contribution in [0.1, 0.15) is 25.1 Å². The van der Waals surface area contributed by atoms with Crippen molar-refractivity contribution < 1.29 is 17.6 Å². The van der Waals surface area contributed by atoms with Crippen LogP contribution in [0.4, 0.5) is 0 Å². The maximum Gasteiger partial charge on any atom is 0.234 e. The van der Waals surface area contributed by atoms with Crippen LogP contribution in [0.2, 0.25) is 0 Å². The lowest BCUT2D eigenvalue weighted by Crippen LogP contribution is -2.52. The van der Waals surface area contributed by atoms with E-state index < -0.39 is 9.84 Å². The minimum absolute atomic E-state index is 0.0233. The number of nitrogens with zero attached hydrogens (tertiary/aromatic N) is 2. The van der Waals surface area contributed by atoms with E-state index in [0.29, 0.717) is 12.3 Å². The van der Waals surface area contributed by atoms with Crippen molar-refractivity contribution in [2.24, 2.45) is 0 Å². The topological polar surface area (TPSA) is 82.9 Å². The van der Waals surface area contributed by atoms with Crippen molar-refractivity contribution in [1.82, 2.24) is 15.1 Å². The molecule has 3 heterocycles. The molecule has 0 radical (unpaired) electrons. The Morgan fingerprint density at radius 1 is 1.25 bits per heavy atom. The number of para-hydroxylation sites is 1. The van der Waals surface area contributed by atoms with E-state index in [-0.39, 0.29) is 23.7 Å². The number of sulfone groups is 1. The Morgan fingerprint density at radius 3 is 2.68 bits per heavy atom. The molecule has 8 heteroatoms. The average Bonchev–Trinajstić information content (AvgIpc) is 3.25. The maximum atomic E-state index is 12.4. The highest BCUT2D eigenvalue weighted by Crippen LogP contribution is 2.23. The monoisotopic (exact) mass is 405 g/mol. The maximum absolute atomic E-state index is 12.4. The van der Waals surface area contributed by atoms with E-state index in [9.17, 15) is 13.2 Å². The number of piperazine rings is 1. The van der Waals surface area contributed by atoms with Crippen LogP contribution in [0.15, 0.2) is 34.7 Å². The van der Waals surface area contributed by atoms with E-state index in [1.807, 2.05) is 37.3 Å². The van der Waals surface area contributed by atoms with Crippen LogP contribution < -0.4 is 5.32 Å². The van der Waals surface area contributed by atoms with E-state index >= 15 is 0 Å². The number of rotatable bonds is 5. The van der Waals surface area contributed by atoms with Crippen molar-refractivity contribution in [3.8, 4) is 0 Å². The zero-order valence-corrected chi connectivity index (χ0v) is 17.0. The summed E-state index contributed by atoms with van der Waals surface area (Å²) in [5.41, 5.74) is 0.823. The van der Waals surface area contributed by atoms with Crippen LogP contribution in [0.3, 0.4) is 0 Å². The molecule has 1 aromatic heterocycles. The Morgan fingerprint density at radius 2 is 2.00 bits per heavy atom. The van der Waals surface area contributed by atoms with Gasteiger partial charge in [-0.05, 0) is 25.5 Å². The molecule has 0 aliphatic carbocycles. The molecule has 2 aliphatic rings. The van der Waals surface area contributed by atoms with Gasteiger partial charge in [-0.25, -0.2) is 8.42 Å². The summed E-state index contributed by atoms with van der Waals surface area (Å²) in [5.74, 6) is 1.31. The number of nitrogens with one attached hydrogen (secondary N) is 1. The molecule has 1 N–H and O–H groups in total. The van der Waals surface area contributed by atoms with Gasteiger partial charge in [0.05, 0.1) is 24.1 Å². The first kappa shape index (κ1) is 19.4. The predicted molar refractivity (Wildman–Crippen MR) is 108 cm³/mol. The SMILES string of the molecule is C[C@@H](NC(=O)CN1CCN([C@@H]2CCS(=O)(=O)C2)CC1)c1cc2ccccc2o1. The Hall–Kier alpha value is -1.90. The molecule has 2 atom stereocenters. The number of carbonyl (C=O) groups excluding carboxylic acids is 1. The summed E-state index contributed by atoms with van der Waals surface area (Å²) in [4.78, 5) is 16.8. The number of carbonyl (C=O) groups is 1. The molecule has 0 saturated carbocycles. The van der Waals surface area contributed by atoms with Gasteiger partial charge in [-0.15, -0.1) is 0 Å². The van der Waals surface area contributed by atoms with Gasteiger partial charge in [-0.3, -0.25) is 14.6 Å². The van der Waals surface area contributed by atoms with Crippen molar-refractivity contribution in [2.45, 2.75) is 25.4 Å². The number of fused-ring (bicyclic) bond motifs is 1. The summed E-state index contributed by atoms with van der Waals surface area (Å²) in [7, 11) is -2.86. The largest absolute Gasteiger partial charge is 0.459 e. The van der Waals surface area contributed by atoms with Crippen LogP contribution >= 0.6 is 0 Å². The molecule has 1 amide bonds. The molecule has 1 aromatic carbocycles. The number of amides is 1. The summed E-state index contributed by atoms with van der Waals surface area (Å²) in [6.45, 7) is 5.46. The molecule has 2 fully saturated rings. The highest BCUT2D eigenvalue weighted by molar-refractivity contribution is 7.91. The summed E-state index contributed by atoms with van der Waals surface area (Å²) in [6, 6.07) is 9.73. The fraction of sp³-hybridized carbons (Fsp3) is 0.550. The number of benzene rings is 1. The number of hydrogen-bond acceptors (Lipinski definition) is 6. The van der Waals surface area contributed by atoms with Gasteiger partial charge in [0.2, 0.25) is 5.91 Å². The highest BCUT2D eigenvalue weighted by atomic mass is 32.2. The molecule has 7 nitrogen and oxygen atoms in total. The quantitative estimate of drug-likeness (QED) is 0.810. The Balaban J connectivity index is 1.25. The van der Waals surface area contributed by atoms with Crippen LogP contribution in [0.25, 0.3) is 11.0 Å². The number of hydrogen-bond donors (Lipinski definition) is 1. The third-order valence-electron chi connectivity index (χ3n) is 5.75. The van der Waals surface area contributed by atoms with E-state index in [4.69, 9.17) is 4.42 Å². The summed E-state index contributed by atoms with van der Waals surface area (Å²) < 4.78 is 29.2. The lowest BCUT2D eigenvalue weighted by Gasteiger charge is -2.37. The second-order valence-corrected chi connectivity index (χ2v) is 10.1. The Kier molecular flexibility index (Phi) is 5.44. The van der Waals surface area contributed by atoms with Gasteiger partial charge in [0.15, 0.2) is 9.84 Å². The van der Waals surface area contributed by atoms with Crippen molar-refractivity contribution in [2.75, 3.05) is 44.2 Å². The molecule has 0 unspecified atom stereocenters. The third kappa shape index (κ3) is 4.39. The molecule has 152 valence electrons. The van der Waals surface area contributed by atoms with Gasteiger partial charge in [0.25, 0.3) is 0 Å². The second-order valence-electron chi connectivity index (χ2n) is 7.84. The first-order valence-corrected chi connectivity index (χ1v) is 11.7. The van der Waals surface area contributed by atoms with E-state index in [0.717, 1.165) is 49.3 Å². The molecule has 2 saturated heterocycles. The first-order chi connectivity index (χ1) is 13.4.